The highest BCUT2D eigenvalue weighted by Crippen LogP contribution is 2.10. The number of rotatable bonds is 4. The Kier molecular flexibility index (Phi) is 4.34. The molecule has 0 radical (unpaired) electrons. The van der Waals surface area contributed by atoms with Crippen LogP contribution in [0.2, 0.25) is 0 Å². The van der Waals surface area contributed by atoms with E-state index in [9.17, 15) is 5.11 Å². The molecule has 1 saturated heterocycles. The number of hydrogen-bond donors (Lipinski definition) is 1. The summed E-state index contributed by atoms with van der Waals surface area (Å²) in [6, 6.07) is 10.6. The summed E-state index contributed by atoms with van der Waals surface area (Å²) in [7, 11) is 0. The van der Waals surface area contributed by atoms with Gasteiger partial charge in [0.2, 0.25) is 0 Å². The molecule has 1 unspecified atom stereocenters. The minimum Gasteiger partial charge on any atom is -0.395 e. The van der Waals surface area contributed by atoms with Crippen molar-refractivity contribution >= 4 is 0 Å². The van der Waals surface area contributed by atoms with Crippen LogP contribution in [0.1, 0.15) is 5.56 Å². The standard InChI is InChI=1S/C13H19NO2/c15-11-13(14-6-8-16-9-7-14)10-12-4-2-1-3-5-12/h1-5,13,15H,6-11H2. The summed E-state index contributed by atoms with van der Waals surface area (Å²) in [6.45, 7) is 3.64. The largest absolute Gasteiger partial charge is 0.395 e. The molecular formula is C13H19NO2. The lowest BCUT2D eigenvalue weighted by Crippen LogP contribution is -2.46. The topological polar surface area (TPSA) is 32.7 Å². The summed E-state index contributed by atoms with van der Waals surface area (Å²) in [6.07, 6.45) is 0.914. The SMILES string of the molecule is OCC(Cc1ccccc1)N1CCOCC1. The van der Waals surface area contributed by atoms with Crippen molar-refractivity contribution < 1.29 is 9.84 Å². The molecule has 88 valence electrons. The second kappa shape index (κ2) is 5.99. The van der Waals surface area contributed by atoms with Crippen LogP contribution in [0.5, 0.6) is 0 Å². The van der Waals surface area contributed by atoms with Gasteiger partial charge in [0.15, 0.2) is 0 Å². The van der Waals surface area contributed by atoms with Crippen molar-refractivity contribution in [3.63, 3.8) is 0 Å². The lowest BCUT2D eigenvalue weighted by molar-refractivity contribution is 0.00341. The third kappa shape index (κ3) is 3.04. The van der Waals surface area contributed by atoms with Crippen molar-refractivity contribution in [1.82, 2.24) is 4.90 Å². The van der Waals surface area contributed by atoms with Gasteiger partial charge in [-0.1, -0.05) is 30.3 Å². The molecule has 0 amide bonds. The highest BCUT2D eigenvalue weighted by molar-refractivity contribution is 5.16. The normalized spacial score (nSPS) is 19.6. The van der Waals surface area contributed by atoms with Crippen LogP contribution < -0.4 is 0 Å². The van der Waals surface area contributed by atoms with Gasteiger partial charge >= 0.3 is 0 Å². The van der Waals surface area contributed by atoms with Gasteiger partial charge < -0.3 is 9.84 Å². The van der Waals surface area contributed by atoms with Gasteiger partial charge in [-0.25, -0.2) is 0 Å². The van der Waals surface area contributed by atoms with Crippen LogP contribution in [-0.4, -0.2) is 49.0 Å². The van der Waals surface area contributed by atoms with Gasteiger partial charge in [0.1, 0.15) is 0 Å². The first kappa shape index (κ1) is 11.6. The smallest absolute Gasteiger partial charge is 0.0594 e. The number of aliphatic hydroxyl groups is 1. The molecule has 0 saturated carbocycles. The van der Waals surface area contributed by atoms with Crippen LogP contribution in [0, 0.1) is 0 Å². The summed E-state index contributed by atoms with van der Waals surface area (Å²) in [5.41, 5.74) is 1.29. The van der Waals surface area contributed by atoms with Crippen LogP contribution in [0.3, 0.4) is 0 Å². The van der Waals surface area contributed by atoms with Crippen molar-refractivity contribution in [3.8, 4) is 0 Å². The van der Waals surface area contributed by atoms with Crippen LogP contribution in [0.4, 0.5) is 0 Å². The van der Waals surface area contributed by atoms with Gasteiger partial charge in [0.25, 0.3) is 0 Å². The molecule has 3 nitrogen and oxygen atoms in total. The average molecular weight is 221 g/mol. The maximum atomic E-state index is 9.46. The number of benzene rings is 1. The molecule has 0 bridgehead atoms. The van der Waals surface area contributed by atoms with E-state index < -0.39 is 0 Å². The summed E-state index contributed by atoms with van der Waals surface area (Å²) < 4.78 is 5.32. The fourth-order valence-electron chi connectivity index (χ4n) is 2.14. The summed E-state index contributed by atoms with van der Waals surface area (Å²) >= 11 is 0. The van der Waals surface area contributed by atoms with Crippen molar-refractivity contribution in [2.45, 2.75) is 12.5 Å². The molecule has 0 spiro atoms. The highest BCUT2D eigenvalue weighted by atomic mass is 16.5. The summed E-state index contributed by atoms with van der Waals surface area (Å²) in [4.78, 5) is 2.32. The van der Waals surface area contributed by atoms with Crippen LogP contribution in [-0.2, 0) is 11.2 Å². The third-order valence-electron chi connectivity index (χ3n) is 3.09. The number of nitrogens with zero attached hydrogens (tertiary/aromatic N) is 1. The second-order valence-corrected chi connectivity index (χ2v) is 4.17. The maximum Gasteiger partial charge on any atom is 0.0594 e. The Morgan fingerprint density at radius 2 is 1.88 bits per heavy atom. The average Bonchev–Trinajstić information content (AvgIpc) is 2.38. The van der Waals surface area contributed by atoms with Crippen molar-refractivity contribution in [2.24, 2.45) is 0 Å². The molecule has 3 heteroatoms. The van der Waals surface area contributed by atoms with Crippen LogP contribution >= 0.6 is 0 Å². The van der Waals surface area contributed by atoms with Gasteiger partial charge in [-0.3, -0.25) is 4.90 Å². The Balaban J connectivity index is 1.94. The lowest BCUT2D eigenvalue weighted by Gasteiger charge is -2.33. The summed E-state index contributed by atoms with van der Waals surface area (Å²) in [5.74, 6) is 0. The van der Waals surface area contributed by atoms with E-state index in [2.05, 4.69) is 17.0 Å². The molecule has 0 aromatic heterocycles. The van der Waals surface area contributed by atoms with E-state index in [1.807, 2.05) is 18.2 Å². The fraction of sp³-hybridized carbons (Fsp3) is 0.538. The Labute approximate surface area is 96.6 Å². The summed E-state index contributed by atoms with van der Waals surface area (Å²) in [5, 5.41) is 9.46. The third-order valence-corrected chi connectivity index (χ3v) is 3.09. The van der Waals surface area contributed by atoms with Crippen LogP contribution in [0.25, 0.3) is 0 Å². The number of aliphatic hydroxyl groups excluding tert-OH is 1. The zero-order valence-corrected chi connectivity index (χ0v) is 9.51. The van der Waals surface area contributed by atoms with E-state index in [4.69, 9.17) is 4.74 Å². The Bertz CT molecular complexity index is 296. The Hall–Kier alpha value is -0.900. The zero-order chi connectivity index (χ0) is 11.2. The minimum absolute atomic E-state index is 0.217. The zero-order valence-electron chi connectivity index (χ0n) is 9.51. The number of hydrogen-bond acceptors (Lipinski definition) is 3. The maximum absolute atomic E-state index is 9.46. The van der Waals surface area contributed by atoms with Crippen molar-refractivity contribution in [1.29, 1.82) is 0 Å². The van der Waals surface area contributed by atoms with Gasteiger partial charge in [0, 0.05) is 19.1 Å². The van der Waals surface area contributed by atoms with Gasteiger partial charge in [-0.05, 0) is 12.0 Å². The molecule has 0 aliphatic carbocycles. The molecule has 1 aliphatic heterocycles. The lowest BCUT2D eigenvalue weighted by atomic mass is 10.0. The molecule has 1 aliphatic rings. The van der Waals surface area contributed by atoms with E-state index in [0.717, 1.165) is 32.7 Å². The second-order valence-electron chi connectivity index (χ2n) is 4.17. The first-order valence-electron chi connectivity index (χ1n) is 5.86. The molecule has 1 aromatic rings. The molecule has 1 atom stereocenters. The van der Waals surface area contributed by atoms with Gasteiger partial charge in [0.05, 0.1) is 19.8 Å². The van der Waals surface area contributed by atoms with Crippen molar-refractivity contribution in [3.05, 3.63) is 35.9 Å². The van der Waals surface area contributed by atoms with E-state index in [-0.39, 0.29) is 12.6 Å². The first-order valence-corrected chi connectivity index (χ1v) is 5.86. The predicted molar refractivity (Wildman–Crippen MR) is 63.4 cm³/mol. The molecule has 2 rings (SSSR count). The van der Waals surface area contributed by atoms with E-state index in [1.165, 1.54) is 5.56 Å². The van der Waals surface area contributed by atoms with Gasteiger partial charge in [-0.2, -0.15) is 0 Å². The molecule has 1 fully saturated rings. The Morgan fingerprint density at radius 1 is 1.19 bits per heavy atom. The Morgan fingerprint density at radius 3 is 2.50 bits per heavy atom. The number of morpholine rings is 1. The van der Waals surface area contributed by atoms with Gasteiger partial charge in [-0.15, -0.1) is 0 Å². The van der Waals surface area contributed by atoms with Crippen molar-refractivity contribution in [2.75, 3.05) is 32.9 Å². The molecule has 1 N–H and O–H groups in total. The fourth-order valence-corrected chi connectivity index (χ4v) is 2.14. The van der Waals surface area contributed by atoms with E-state index >= 15 is 0 Å². The quantitative estimate of drug-likeness (QED) is 0.820. The monoisotopic (exact) mass is 221 g/mol. The molecule has 1 aromatic carbocycles. The van der Waals surface area contributed by atoms with E-state index in [1.54, 1.807) is 0 Å². The first-order chi connectivity index (χ1) is 7.90. The number of ether oxygens (including phenoxy) is 1. The molecule has 16 heavy (non-hydrogen) atoms. The highest BCUT2D eigenvalue weighted by Gasteiger charge is 2.20. The predicted octanol–water partition coefficient (Wildman–Crippen LogP) is 0.922. The minimum atomic E-state index is 0.217. The van der Waals surface area contributed by atoms with E-state index in [0.29, 0.717) is 0 Å². The molecular weight excluding hydrogens is 202 g/mol. The molecule has 1 heterocycles. The van der Waals surface area contributed by atoms with Crippen LogP contribution in [0.15, 0.2) is 30.3 Å².